The van der Waals surface area contributed by atoms with Crippen LogP contribution in [0.15, 0.2) is 22.7 Å². The number of piperidine rings is 1. The second-order valence-corrected chi connectivity index (χ2v) is 5.76. The molecule has 1 saturated heterocycles. The van der Waals surface area contributed by atoms with Gasteiger partial charge < -0.3 is 10.0 Å². The molecule has 0 aromatic heterocycles. The fourth-order valence-corrected chi connectivity index (χ4v) is 2.72. The van der Waals surface area contributed by atoms with E-state index >= 15 is 0 Å². The van der Waals surface area contributed by atoms with Crippen molar-refractivity contribution in [2.75, 3.05) is 13.1 Å². The van der Waals surface area contributed by atoms with E-state index in [4.69, 9.17) is 5.11 Å². The summed E-state index contributed by atoms with van der Waals surface area (Å²) in [6.45, 7) is 0.894. The van der Waals surface area contributed by atoms with E-state index in [1.54, 1.807) is 11.0 Å². The summed E-state index contributed by atoms with van der Waals surface area (Å²) in [6.07, 6.45) is 1.08. The number of carboxylic acids is 1. The van der Waals surface area contributed by atoms with E-state index in [1.165, 1.54) is 12.1 Å². The number of carbonyl (C=O) groups is 2. The van der Waals surface area contributed by atoms with Gasteiger partial charge in [-0.2, -0.15) is 0 Å². The number of carbonyl (C=O) groups excluding carboxylic acids is 1. The maximum Gasteiger partial charge on any atom is 0.306 e. The van der Waals surface area contributed by atoms with Crippen molar-refractivity contribution in [1.82, 2.24) is 4.90 Å². The van der Waals surface area contributed by atoms with Crippen LogP contribution in [0.4, 0.5) is 4.39 Å². The zero-order valence-electron chi connectivity index (χ0n) is 10.8. The number of benzene rings is 1. The SMILES string of the molecule is O=C(O)C1CCN(C(=O)Cc2cc(F)ccc2Br)CC1. The van der Waals surface area contributed by atoms with E-state index < -0.39 is 5.97 Å². The Balaban J connectivity index is 1.96. The Labute approximate surface area is 124 Å². The number of aliphatic carboxylic acids is 1. The van der Waals surface area contributed by atoms with Crippen LogP contribution in [0.1, 0.15) is 18.4 Å². The number of amides is 1. The standard InChI is InChI=1S/C14H15BrFNO3/c15-12-2-1-11(16)7-10(12)8-13(18)17-5-3-9(4-6-17)14(19)20/h1-2,7,9H,3-6,8H2,(H,19,20). The van der Waals surface area contributed by atoms with Crippen LogP contribution in [0.5, 0.6) is 0 Å². The highest BCUT2D eigenvalue weighted by atomic mass is 79.9. The Morgan fingerprint density at radius 3 is 2.60 bits per heavy atom. The van der Waals surface area contributed by atoms with E-state index in [2.05, 4.69) is 15.9 Å². The molecule has 1 amide bonds. The normalized spacial score (nSPS) is 16.2. The molecule has 1 fully saturated rings. The first kappa shape index (κ1) is 15.0. The van der Waals surface area contributed by atoms with Crippen molar-refractivity contribution in [3.05, 3.63) is 34.1 Å². The van der Waals surface area contributed by atoms with E-state index in [9.17, 15) is 14.0 Å². The van der Waals surface area contributed by atoms with E-state index in [0.29, 0.717) is 36.0 Å². The number of halogens is 2. The summed E-state index contributed by atoms with van der Waals surface area (Å²) in [4.78, 5) is 24.6. The van der Waals surface area contributed by atoms with Crippen molar-refractivity contribution in [1.29, 1.82) is 0 Å². The number of hydrogen-bond acceptors (Lipinski definition) is 2. The van der Waals surface area contributed by atoms with Gasteiger partial charge in [0.25, 0.3) is 0 Å². The molecule has 0 aliphatic carbocycles. The monoisotopic (exact) mass is 343 g/mol. The fourth-order valence-electron chi connectivity index (χ4n) is 2.33. The van der Waals surface area contributed by atoms with Gasteiger partial charge in [-0.15, -0.1) is 0 Å². The van der Waals surface area contributed by atoms with Crippen LogP contribution in [0.25, 0.3) is 0 Å². The Kier molecular flexibility index (Phi) is 4.75. The average molecular weight is 344 g/mol. The van der Waals surface area contributed by atoms with Crippen LogP contribution in [-0.4, -0.2) is 35.0 Å². The van der Waals surface area contributed by atoms with Crippen molar-refractivity contribution >= 4 is 27.8 Å². The second kappa shape index (κ2) is 6.35. The highest BCUT2D eigenvalue weighted by Gasteiger charge is 2.27. The third-order valence-electron chi connectivity index (χ3n) is 3.55. The molecule has 0 spiro atoms. The summed E-state index contributed by atoms with van der Waals surface area (Å²) in [5, 5.41) is 8.91. The van der Waals surface area contributed by atoms with Gasteiger partial charge in [0.1, 0.15) is 5.82 Å². The molecule has 1 aromatic rings. The van der Waals surface area contributed by atoms with E-state index in [0.717, 1.165) is 0 Å². The summed E-state index contributed by atoms with van der Waals surface area (Å²) in [7, 11) is 0. The Bertz CT molecular complexity index is 527. The van der Waals surface area contributed by atoms with Gasteiger partial charge in [0.15, 0.2) is 0 Å². The molecule has 0 atom stereocenters. The minimum atomic E-state index is -0.801. The number of nitrogens with zero attached hydrogens (tertiary/aromatic N) is 1. The lowest BCUT2D eigenvalue weighted by atomic mass is 9.96. The van der Waals surface area contributed by atoms with Gasteiger partial charge in [-0.1, -0.05) is 15.9 Å². The van der Waals surface area contributed by atoms with Crippen LogP contribution in [0.2, 0.25) is 0 Å². The number of carboxylic acid groups (broad SMARTS) is 1. The van der Waals surface area contributed by atoms with Crippen molar-refractivity contribution in [2.24, 2.45) is 5.92 Å². The van der Waals surface area contributed by atoms with E-state index in [1.807, 2.05) is 0 Å². The quantitative estimate of drug-likeness (QED) is 0.916. The molecule has 0 saturated carbocycles. The lowest BCUT2D eigenvalue weighted by Gasteiger charge is -2.30. The summed E-state index contributed by atoms with van der Waals surface area (Å²) in [5.74, 6) is -1.63. The topological polar surface area (TPSA) is 57.6 Å². The van der Waals surface area contributed by atoms with Crippen LogP contribution in [-0.2, 0) is 16.0 Å². The van der Waals surface area contributed by atoms with Crippen LogP contribution >= 0.6 is 15.9 Å². The molecular formula is C14H15BrFNO3. The van der Waals surface area contributed by atoms with Crippen LogP contribution < -0.4 is 0 Å². The zero-order chi connectivity index (χ0) is 14.7. The molecular weight excluding hydrogens is 329 g/mol. The molecule has 1 N–H and O–H groups in total. The summed E-state index contributed by atoms with van der Waals surface area (Å²) >= 11 is 3.30. The van der Waals surface area contributed by atoms with Crippen molar-refractivity contribution in [3.8, 4) is 0 Å². The minimum Gasteiger partial charge on any atom is -0.481 e. The van der Waals surface area contributed by atoms with Crippen LogP contribution in [0, 0.1) is 11.7 Å². The lowest BCUT2D eigenvalue weighted by Crippen LogP contribution is -2.41. The number of likely N-dealkylation sites (tertiary alicyclic amines) is 1. The smallest absolute Gasteiger partial charge is 0.306 e. The third-order valence-corrected chi connectivity index (χ3v) is 4.32. The van der Waals surface area contributed by atoms with E-state index in [-0.39, 0.29) is 24.1 Å². The molecule has 4 nitrogen and oxygen atoms in total. The van der Waals surface area contributed by atoms with Crippen molar-refractivity contribution < 1.29 is 19.1 Å². The largest absolute Gasteiger partial charge is 0.481 e. The van der Waals surface area contributed by atoms with Gasteiger partial charge in [0, 0.05) is 17.6 Å². The summed E-state index contributed by atoms with van der Waals surface area (Å²) in [6, 6.07) is 4.25. The molecule has 20 heavy (non-hydrogen) atoms. The Hall–Kier alpha value is -1.43. The molecule has 0 bridgehead atoms. The molecule has 0 radical (unpaired) electrons. The minimum absolute atomic E-state index is 0.0971. The maximum atomic E-state index is 13.2. The molecule has 6 heteroatoms. The lowest BCUT2D eigenvalue weighted by molar-refractivity contribution is -0.145. The predicted octanol–water partition coefficient (Wildman–Crippen LogP) is 2.45. The zero-order valence-corrected chi connectivity index (χ0v) is 12.4. The molecule has 1 aromatic carbocycles. The van der Waals surface area contributed by atoms with Gasteiger partial charge in [-0.05, 0) is 36.6 Å². The highest BCUT2D eigenvalue weighted by Crippen LogP contribution is 2.21. The first-order valence-electron chi connectivity index (χ1n) is 6.42. The molecule has 1 heterocycles. The third kappa shape index (κ3) is 3.56. The average Bonchev–Trinajstić information content (AvgIpc) is 2.43. The Morgan fingerprint density at radius 1 is 1.35 bits per heavy atom. The number of hydrogen-bond donors (Lipinski definition) is 1. The second-order valence-electron chi connectivity index (χ2n) is 4.91. The number of rotatable bonds is 3. The maximum absolute atomic E-state index is 13.2. The molecule has 1 aliphatic rings. The Morgan fingerprint density at radius 2 is 2.00 bits per heavy atom. The van der Waals surface area contributed by atoms with Crippen LogP contribution in [0.3, 0.4) is 0 Å². The van der Waals surface area contributed by atoms with Crippen molar-refractivity contribution in [3.63, 3.8) is 0 Å². The molecule has 108 valence electrons. The molecule has 1 aliphatic heterocycles. The highest BCUT2D eigenvalue weighted by molar-refractivity contribution is 9.10. The molecule has 0 unspecified atom stereocenters. The van der Waals surface area contributed by atoms with Crippen molar-refractivity contribution in [2.45, 2.75) is 19.3 Å². The fraction of sp³-hybridized carbons (Fsp3) is 0.429. The first-order valence-corrected chi connectivity index (χ1v) is 7.21. The van der Waals surface area contributed by atoms with Gasteiger partial charge >= 0.3 is 5.97 Å². The summed E-state index contributed by atoms with van der Waals surface area (Å²) in [5.41, 5.74) is 0.607. The van der Waals surface area contributed by atoms with Gasteiger partial charge in [0.2, 0.25) is 5.91 Å². The van der Waals surface area contributed by atoms with Gasteiger partial charge in [-0.3, -0.25) is 9.59 Å². The first-order chi connectivity index (χ1) is 9.47. The van der Waals surface area contributed by atoms with Gasteiger partial charge in [0.05, 0.1) is 12.3 Å². The predicted molar refractivity (Wildman–Crippen MR) is 74.7 cm³/mol. The molecule has 2 rings (SSSR count). The summed E-state index contributed by atoms with van der Waals surface area (Å²) < 4.78 is 13.9. The van der Waals surface area contributed by atoms with Gasteiger partial charge in [-0.25, -0.2) is 4.39 Å².